The molecule has 1 aliphatic carbocycles. The van der Waals surface area contributed by atoms with E-state index in [1.807, 2.05) is 0 Å². The van der Waals surface area contributed by atoms with Crippen LogP contribution in [0.15, 0.2) is 18.2 Å². The van der Waals surface area contributed by atoms with Crippen LogP contribution in [0.2, 0.25) is 0 Å². The first-order valence-electron chi connectivity index (χ1n) is 6.60. The number of carbonyl (C=O) groups excluding carboxylic acids is 2. The Morgan fingerprint density at radius 2 is 2.00 bits per heavy atom. The maximum atomic E-state index is 12.1. The van der Waals surface area contributed by atoms with Crippen LogP contribution in [0, 0.1) is 5.92 Å². The molecule has 4 nitrogen and oxygen atoms in total. The Labute approximate surface area is 112 Å². The first-order chi connectivity index (χ1) is 9.26. The number of para-hydroxylation sites is 1. The summed E-state index contributed by atoms with van der Waals surface area (Å²) >= 11 is 0. The van der Waals surface area contributed by atoms with Crippen molar-refractivity contribution in [3.05, 3.63) is 23.8 Å². The minimum Gasteiger partial charge on any atom is -0.493 e. The van der Waals surface area contributed by atoms with Crippen molar-refractivity contribution in [2.75, 3.05) is 7.11 Å². The van der Waals surface area contributed by atoms with Gasteiger partial charge in [-0.15, -0.1) is 0 Å². The summed E-state index contributed by atoms with van der Waals surface area (Å²) in [6.07, 6.45) is 5.71. The normalized spacial score (nSPS) is 15.8. The van der Waals surface area contributed by atoms with E-state index in [1.165, 1.54) is 13.5 Å². The molecule has 0 aliphatic heterocycles. The van der Waals surface area contributed by atoms with Gasteiger partial charge in [-0.1, -0.05) is 25.3 Å². The summed E-state index contributed by atoms with van der Waals surface area (Å²) in [4.78, 5) is 23.1. The van der Waals surface area contributed by atoms with E-state index in [1.54, 1.807) is 18.2 Å². The predicted molar refractivity (Wildman–Crippen MR) is 70.6 cm³/mol. The molecule has 102 valence electrons. The Morgan fingerprint density at radius 3 is 2.63 bits per heavy atom. The van der Waals surface area contributed by atoms with Crippen molar-refractivity contribution in [3.63, 3.8) is 0 Å². The van der Waals surface area contributed by atoms with Crippen molar-refractivity contribution in [1.29, 1.82) is 0 Å². The van der Waals surface area contributed by atoms with Crippen LogP contribution in [0.25, 0.3) is 0 Å². The number of aldehydes is 1. The molecular weight excluding hydrogens is 244 g/mol. The zero-order valence-electron chi connectivity index (χ0n) is 11.1. The predicted octanol–water partition coefficient (Wildman–Crippen LogP) is 2.99. The molecule has 0 N–H and O–H groups in total. The summed E-state index contributed by atoms with van der Waals surface area (Å²) in [6, 6.07) is 4.98. The Balaban J connectivity index is 2.17. The molecule has 19 heavy (non-hydrogen) atoms. The third-order valence-electron chi connectivity index (χ3n) is 3.50. The molecule has 2 rings (SSSR count). The first-order valence-corrected chi connectivity index (χ1v) is 6.60. The van der Waals surface area contributed by atoms with E-state index in [0.29, 0.717) is 17.6 Å². The van der Waals surface area contributed by atoms with Crippen molar-refractivity contribution in [1.82, 2.24) is 0 Å². The van der Waals surface area contributed by atoms with Crippen LogP contribution >= 0.6 is 0 Å². The lowest BCUT2D eigenvalue weighted by Gasteiger charge is -2.20. The molecule has 0 radical (unpaired) electrons. The van der Waals surface area contributed by atoms with Gasteiger partial charge in [0.2, 0.25) is 0 Å². The number of benzene rings is 1. The van der Waals surface area contributed by atoms with E-state index in [4.69, 9.17) is 9.47 Å². The van der Waals surface area contributed by atoms with E-state index in [9.17, 15) is 9.59 Å². The third-order valence-corrected chi connectivity index (χ3v) is 3.50. The van der Waals surface area contributed by atoms with Gasteiger partial charge in [-0.05, 0) is 25.0 Å². The molecule has 1 fully saturated rings. The van der Waals surface area contributed by atoms with Gasteiger partial charge in [0.25, 0.3) is 0 Å². The molecule has 1 aliphatic rings. The molecule has 0 spiro atoms. The summed E-state index contributed by atoms with van der Waals surface area (Å²) in [5, 5.41) is 0. The average molecular weight is 262 g/mol. The summed E-state index contributed by atoms with van der Waals surface area (Å²) in [7, 11) is 1.49. The topological polar surface area (TPSA) is 52.6 Å². The molecule has 1 aromatic rings. The summed E-state index contributed by atoms with van der Waals surface area (Å²) in [5.74, 6) is 0.329. The van der Waals surface area contributed by atoms with Gasteiger partial charge in [-0.3, -0.25) is 9.59 Å². The van der Waals surface area contributed by atoms with E-state index in [2.05, 4.69) is 0 Å². The Hall–Kier alpha value is -1.84. The summed E-state index contributed by atoms with van der Waals surface area (Å²) in [5.41, 5.74) is 0.337. The lowest BCUT2D eigenvalue weighted by molar-refractivity contribution is -0.140. The van der Waals surface area contributed by atoms with E-state index < -0.39 is 0 Å². The highest BCUT2D eigenvalue weighted by atomic mass is 16.6. The van der Waals surface area contributed by atoms with Crippen LogP contribution < -0.4 is 9.47 Å². The van der Waals surface area contributed by atoms with Crippen LogP contribution in [0.1, 0.15) is 42.5 Å². The number of esters is 1. The molecule has 1 saturated carbocycles. The van der Waals surface area contributed by atoms with E-state index in [-0.39, 0.29) is 17.6 Å². The second-order valence-corrected chi connectivity index (χ2v) is 4.75. The van der Waals surface area contributed by atoms with Gasteiger partial charge in [0.1, 0.15) is 0 Å². The molecule has 0 unspecified atom stereocenters. The zero-order chi connectivity index (χ0) is 13.7. The van der Waals surface area contributed by atoms with Gasteiger partial charge in [0.05, 0.1) is 18.6 Å². The molecule has 0 atom stereocenters. The first kappa shape index (κ1) is 13.6. The molecule has 0 amide bonds. The van der Waals surface area contributed by atoms with Gasteiger partial charge in [-0.25, -0.2) is 0 Å². The van der Waals surface area contributed by atoms with Crippen molar-refractivity contribution < 1.29 is 19.1 Å². The van der Waals surface area contributed by atoms with Gasteiger partial charge in [0.15, 0.2) is 17.8 Å². The van der Waals surface area contributed by atoms with Crippen LogP contribution in [0.3, 0.4) is 0 Å². The molecular formula is C15H18O4. The van der Waals surface area contributed by atoms with Gasteiger partial charge < -0.3 is 9.47 Å². The summed E-state index contributed by atoms with van der Waals surface area (Å²) in [6.45, 7) is 0. The quantitative estimate of drug-likeness (QED) is 0.475. The lowest BCUT2D eigenvalue weighted by atomic mass is 9.89. The Kier molecular flexibility index (Phi) is 4.55. The standard InChI is InChI=1S/C15H18O4/c1-18-13-9-5-8-12(10-16)14(13)19-15(17)11-6-3-2-4-7-11/h5,8-11H,2-4,6-7H2,1H3. The fourth-order valence-electron chi connectivity index (χ4n) is 2.42. The van der Waals surface area contributed by atoms with Crippen molar-refractivity contribution in [3.8, 4) is 11.5 Å². The SMILES string of the molecule is COc1cccc(C=O)c1OC(=O)C1CCCCC1. The number of methoxy groups -OCH3 is 1. The van der Waals surface area contributed by atoms with E-state index >= 15 is 0 Å². The molecule has 0 bridgehead atoms. The Bertz CT molecular complexity index is 461. The zero-order valence-corrected chi connectivity index (χ0v) is 11.1. The van der Waals surface area contributed by atoms with Crippen molar-refractivity contribution in [2.24, 2.45) is 5.92 Å². The number of hydrogen-bond acceptors (Lipinski definition) is 4. The lowest BCUT2D eigenvalue weighted by Crippen LogP contribution is -2.23. The highest BCUT2D eigenvalue weighted by Crippen LogP contribution is 2.32. The fraction of sp³-hybridized carbons (Fsp3) is 0.467. The van der Waals surface area contributed by atoms with Gasteiger partial charge in [-0.2, -0.15) is 0 Å². The number of ether oxygens (including phenoxy) is 2. The van der Waals surface area contributed by atoms with Gasteiger partial charge in [0, 0.05) is 0 Å². The monoisotopic (exact) mass is 262 g/mol. The van der Waals surface area contributed by atoms with Gasteiger partial charge >= 0.3 is 5.97 Å². The Morgan fingerprint density at radius 1 is 1.26 bits per heavy atom. The van der Waals surface area contributed by atoms with Crippen LogP contribution in [-0.4, -0.2) is 19.4 Å². The average Bonchev–Trinajstić information content (AvgIpc) is 2.48. The molecule has 0 saturated heterocycles. The minimum atomic E-state index is -0.257. The smallest absolute Gasteiger partial charge is 0.314 e. The largest absolute Gasteiger partial charge is 0.493 e. The third kappa shape index (κ3) is 3.13. The second kappa shape index (κ2) is 6.36. The highest BCUT2D eigenvalue weighted by molar-refractivity contribution is 5.85. The molecule has 1 aromatic carbocycles. The number of rotatable bonds is 4. The number of hydrogen-bond donors (Lipinski definition) is 0. The fourth-order valence-corrected chi connectivity index (χ4v) is 2.42. The maximum absolute atomic E-state index is 12.1. The second-order valence-electron chi connectivity index (χ2n) is 4.75. The van der Waals surface area contributed by atoms with Crippen molar-refractivity contribution in [2.45, 2.75) is 32.1 Å². The minimum absolute atomic E-state index is 0.0573. The van der Waals surface area contributed by atoms with Crippen LogP contribution in [0.5, 0.6) is 11.5 Å². The maximum Gasteiger partial charge on any atom is 0.314 e. The molecule has 0 aromatic heterocycles. The van der Waals surface area contributed by atoms with Crippen molar-refractivity contribution >= 4 is 12.3 Å². The molecule has 4 heteroatoms. The highest BCUT2D eigenvalue weighted by Gasteiger charge is 2.25. The van der Waals surface area contributed by atoms with Crippen LogP contribution in [0.4, 0.5) is 0 Å². The van der Waals surface area contributed by atoms with E-state index in [0.717, 1.165) is 25.7 Å². The summed E-state index contributed by atoms with van der Waals surface area (Å²) < 4.78 is 10.5. The molecule has 0 heterocycles. The van der Waals surface area contributed by atoms with Crippen LogP contribution in [-0.2, 0) is 4.79 Å². The number of carbonyl (C=O) groups is 2.